The number of amides is 1. The van der Waals surface area contributed by atoms with E-state index in [-0.39, 0.29) is 25.4 Å². The zero-order valence-electron chi connectivity index (χ0n) is 16.3. The predicted octanol–water partition coefficient (Wildman–Crippen LogP) is 0.0530. The molecule has 0 heterocycles. The molecule has 0 fully saturated rings. The standard InChI is InChI=1S/C19H34N2O6/c1-2-3-4-5-8-17(23)20-11-14-21(15-16-22,12-6-9-18(24)25)13-7-10-19(26)27/h2-3,22H,4-16H2,1H3,(H2-,20,23,24,25,26,27)/b3-2+. The summed E-state index contributed by atoms with van der Waals surface area (Å²) in [7, 11) is 0. The van der Waals surface area contributed by atoms with E-state index in [0.29, 0.717) is 56.5 Å². The molecule has 1 unspecified atom stereocenters. The molecule has 1 atom stereocenters. The smallest absolute Gasteiger partial charge is 0.303 e. The predicted molar refractivity (Wildman–Crippen MR) is 99.6 cm³/mol. The summed E-state index contributed by atoms with van der Waals surface area (Å²) in [4.78, 5) is 33.4. The second kappa shape index (κ2) is 15.2. The number of hydrogen-bond donors (Lipinski definition) is 3. The second-order valence-corrected chi connectivity index (χ2v) is 6.74. The minimum atomic E-state index is -1.13. The Morgan fingerprint density at radius 3 is 2.22 bits per heavy atom. The molecule has 0 aliphatic heterocycles. The molecular weight excluding hydrogens is 352 g/mol. The van der Waals surface area contributed by atoms with Crippen LogP contribution in [0.1, 0.15) is 51.9 Å². The molecule has 0 rings (SSSR count). The minimum absolute atomic E-state index is 0.0171. The van der Waals surface area contributed by atoms with Crippen molar-refractivity contribution in [1.82, 2.24) is 5.32 Å². The number of carbonyl (C=O) groups is 3. The first-order chi connectivity index (χ1) is 12.8. The van der Waals surface area contributed by atoms with Crippen LogP contribution in [0.5, 0.6) is 0 Å². The highest BCUT2D eigenvalue weighted by Gasteiger charge is 2.26. The van der Waals surface area contributed by atoms with Crippen LogP contribution in [0, 0.1) is 0 Å². The lowest BCUT2D eigenvalue weighted by Gasteiger charge is -2.38. The first-order valence-electron chi connectivity index (χ1n) is 9.60. The van der Waals surface area contributed by atoms with Crippen LogP contribution in [0.2, 0.25) is 0 Å². The van der Waals surface area contributed by atoms with E-state index in [9.17, 15) is 24.6 Å². The van der Waals surface area contributed by atoms with Gasteiger partial charge in [-0.15, -0.1) is 0 Å². The number of carbonyl (C=O) groups excluding carboxylic acids is 2. The van der Waals surface area contributed by atoms with Crippen LogP contribution < -0.4 is 10.4 Å². The molecule has 0 aromatic rings. The fourth-order valence-corrected chi connectivity index (χ4v) is 3.08. The lowest BCUT2D eigenvalue weighted by Crippen LogP contribution is -2.54. The average Bonchev–Trinajstić information content (AvgIpc) is 2.58. The van der Waals surface area contributed by atoms with E-state index in [0.717, 1.165) is 12.8 Å². The summed E-state index contributed by atoms with van der Waals surface area (Å²) in [5.41, 5.74) is 0. The Kier molecular flexibility index (Phi) is 14.1. The molecule has 0 aromatic heterocycles. The Labute approximate surface area is 161 Å². The number of nitrogens with one attached hydrogen (secondary N) is 1. The molecular formula is C19H34N2O6. The number of unbranched alkanes of at least 4 members (excludes halogenated alkanes) is 1. The number of hydrogen-bond acceptors (Lipinski definition) is 5. The van der Waals surface area contributed by atoms with Gasteiger partial charge in [0.25, 0.3) is 0 Å². The van der Waals surface area contributed by atoms with Crippen molar-refractivity contribution in [3.8, 4) is 0 Å². The van der Waals surface area contributed by atoms with Gasteiger partial charge < -0.3 is 29.9 Å². The van der Waals surface area contributed by atoms with Crippen LogP contribution >= 0.6 is 0 Å². The Balaban J connectivity index is 4.64. The summed E-state index contributed by atoms with van der Waals surface area (Å²) in [5, 5.41) is 31.9. The monoisotopic (exact) mass is 386 g/mol. The van der Waals surface area contributed by atoms with Crippen molar-refractivity contribution < 1.29 is 34.2 Å². The largest absolute Gasteiger partial charge is 0.550 e. The van der Waals surface area contributed by atoms with Crippen molar-refractivity contribution in [3.63, 3.8) is 0 Å². The molecule has 0 spiro atoms. The molecule has 1 amide bonds. The summed E-state index contributed by atoms with van der Waals surface area (Å²) < 4.78 is 0.385. The highest BCUT2D eigenvalue weighted by molar-refractivity contribution is 5.75. The van der Waals surface area contributed by atoms with Gasteiger partial charge in [0.15, 0.2) is 0 Å². The van der Waals surface area contributed by atoms with Gasteiger partial charge in [-0.1, -0.05) is 12.2 Å². The van der Waals surface area contributed by atoms with Gasteiger partial charge in [-0.3, -0.25) is 9.59 Å². The second-order valence-electron chi connectivity index (χ2n) is 6.74. The molecule has 156 valence electrons. The quantitative estimate of drug-likeness (QED) is 0.184. The van der Waals surface area contributed by atoms with E-state index in [1.165, 1.54) is 0 Å². The van der Waals surface area contributed by atoms with Crippen LogP contribution in [0.3, 0.4) is 0 Å². The van der Waals surface area contributed by atoms with Gasteiger partial charge in [0, 0.05) is 25.2 Å². The van der Waals surface area contributed by atoms with E-state index >= 15 is 0 Å². The third-order valence-corrected chi connectivity index (χ3v) is 4.53. The number of carboxylic acids is 2. The van der Waals surface area contributed by atoms with Gasteiger partial charge >= 0.3 is 5.97 Å². The number of carboxylic acid groups (broad SMARTS) is 2. The number of rotatable bonds is 17. The normalized spacial score (nSPS) is 13.4. The van der Waals surface area contributed by atoms with Crippen molar-refractivity contribution in [2.75, 3.05) is 39.3 Å². The molecule has 0 saturated heterocycles. The number of aliphatic carboxylic acids is 2. The Morgan fingerprint density at radius 2 is 1.67 bits per heavy atom. The first-order valence-corrected chi connectivity index (χ1v) is 9.60. The lowest BCUT2D eigenvalue weighted by atomic mass is 10.2. The molecule has 3 N–H and O–H groups in total. The van der Waals surface area contributed by atoms with Crippen molar-refractivity contribution in [2.24, 2.45) is 0 Å². The number of aliphatic hydroxyl groups is 1. The van der Waals surface area contributed by atoms with Gasteiger partial charge in [0.1, 0.15) is 6.54 Å². The highest BCUT2D eigenvalue weighted by Crippen LogP contribution is 2.12. The van der Waals surface area contributed by atoms with Gasteiger partial charge in [0.05, 0.1) is 39.2 Å². The van der Waals surface area contributed by atoms with Gasteiger partial charge in [0.2, 0.25) is 5.91 Å². The highest BCUT2D eigenvalue weighted by atomic mass is 16.4. The first kappa shape index (κ1) is 25.1. The van der Waals surface area contributed by atoms with Crippen LogP contribution in [-0.2, 0) is 14.4 Å². The maximum absolute atomic E-state index is 11.9. The van der Waals surface area contributed by atoms with Crippen LogP contribution in [0.25, 0.3) is 0 Å². The summed E-state index contributed by atoms with van der Waals surface area (Å²) in [6, 6.07) is 0. The SMILES string of the molecule is C/C=C/CCCC(=O)NCC[N+](CCO)(CCCC(=O)[O-])CCCC(=O)O. The number of aliphatic hydroxyl groups excluding tert-OH is 1. The average molecular weight is 386 g/mol. The third-order valence-electron chi connectivity index (χ3n) is 4.53. The number of quaternary nitrogens is 1. The topological polar surface area (TPSA) is 127 Å². The van der Waals surface area contributed by atoms with E-state index < -0.39 is 11.9 Å². The summed E-state index contributed by atoms with van der Waals surface area (Å²) in [5.74, 6) is -2.06. The molecule has 0 bridgehead atoms. The molecule has 8 nitrogen and oxygen atoms in total. The van der Waals surface area contributed by atoms with E-state index in [2.05, 4.69) is 5.32 Å². The maximum Gasteiger partial charge on any atom is 0.303 e. The summed E-state index contributed by atoms with van der Waals surface area (Å²) in [6.07, 6.45) is 6.77. The van der Waals surface area contributed by atoms with E-state index in [1.54, 1.807) is 0 Å². The Hall–Kier alpha value is -1.93. The molecule has 0 aromatic carbocycles. The number of allylic oxidation sites excluding steroid dienone is 2. The molecule has 0 aliphatic rings. The zero-order valence-corrected chi connectivity index (χ0v) is 16.3. The fraction of sp³-hybridized carbons (Fsp3) is 0.737. The van der Waals surface area contributed by atoms with Gasteiger partial charge in [-0.2, -0.15) is 0 Å². The lowest BCUT2D eigenvalue weighted by molar-refractivity contribution is -0.927. The summed E-state index contributed by atoms with van der Waals surface area (Å²) >= 11 is 0. The molecule has 0 aliphatic carbocycles. The van der Waals surface area contributed by atoms with Crippen LogP contribution in [0.15, 0.2) is 12.2 Å². The molecule has 8 heteroatoms. The maximum atomic E-state index is 11.9. The Bertz CT molecular complexity index is 459. The third kappa shape index (κ3) is 13.9. The van der Waals surface area contributed by atoms with Gasteiger partial charge in [-0.25, -0.2) is 0 Å². The zero-order chi connectivity index (χ0) is 20.5. The van der Waals surface area contributed by atoms with Crippen molar-refractivity contribution in [3.05, 3.63) is 12.2 Å². The number of nitrogens with zero attached hydrogens (tertiary/aromatic N) is 1. The Morgan fingerprint density at radius 1 is 1.00 bits per heavy atom. The van der Waals surface area contributed by atoms with E-state index in [4.69, 9.17) is 5.11 Å². The minimum Gasteiger partial charge on any atom is -0.550 e. The van der Waals surface area contributed by atoms with Gasteiger partial charge in [-0.05, 0) is 26.2 Å². The molecule has 0 radical (unpaired) electrons. The van der Waals surface area contributed by atoms with Crippen LogP contribution in [-0.4, -0.2) is 71.9 Å². The van der Waals surface area contributed by atoms with Crippen molar-refractivity contribution in [2.45, 2.75) is 51.9 Å². The van der Waals surface area contributed by atoms with Crippen LogP contribution in [0.4, 0.5) is 0 Å². The fourth-order valence-electron chi connectivity index (χ4n) is 3.08. The molecule has 27 heavy (non-hydrogen) atoms. The molecule has 0 saturated carbocycles. The van der Waals surface area contributed by atoms with E-state index in [1.807, 2.05) is 19.1 Å². The summed E-state index contributed by atoms with van der Waals surface area (Å²) in [6.45, 7) is 4.17. The van der Waals surface area contributed by atoms with Crippen molar-refractivity contribution >= 4 is 17.8 Å². The van der Waals surface area contributed by atoms with Crippen molar-refractivity contribution in [1.29, 1.82) is 0 Å².